The largest absolute Gasteiger partial charge is 0.292 e. The number of hydrogen-bond acceptors (Lipinski definition) is 5. The van der Waals surface area contributed by atoms with Crippen molar-refractivity contribution in [1.82, 2.24) is 14.8 Å². The number of aryl methyl sites for hydroxylation is 1. The number of halogens is 1. The topological polar surface area (TPSA) is 81.9 Å². The summed E-state index contributed by atoms with van der Waals surface area (Å²) in [6, 6.07) is 18.4. The number of benzene rings is 2. The third-order valence-electron chi connectivity index (χ3n) is 8.79. The second-order valence-electron chi connectivity index (χ2n) is 11.3. The van der Waals surface area contributed by atoms with Gasteiger partial charge in [0.15, 0.2) is 15.6 Å². The number of fused-ring (bicyclic) bond motifs is 2. The normalized spacial score (nSPS) is 24.5. The van der Waals surface area contributed by atoms with Crippen molar-refractivity contribution in [1.29, 1.82) is 0 Å². The van der Waals surface area contributed by atoms with Gasteiger partial charge in [-0.1, -0.05) is 23.8 Å². The number of hydrogen-bond donors (Lipinski definition) is 0. The highest BCUT2D eigenvalue weighted by Gasteiger charge is 2.59. The molecule has 1 fully saturated rings. The predicted octanol–water partition coefficient (Wildman–Crippen LogP) is 5.72. The zero-order chi connectivity index (χ0) is 27.4. The number of nitrogens with zero attached hydrogens (tertiary/aromatic N) is 3. The number of carbonyl (C=O) groups excluding carboxylic acids is 1. The minimum Gasteiger partial charge on any atom is -0.292 e. The van der Waals surface area contributed by atoms with E-state index in [0.29, 0.717) is 31.4 Å². The van der Waals surface area contributed by atoms with Crippen molar-refractivity contribution in [2.45, 2.75) is 55.6 Å². The summed E-state index contributed by atoms with van der Waals surface area (Å²) in [7, 11) is -3.73. The maximum atomic E-state index is 14.3. The molecule has 2 aromatic carbocycles. The average Bonchev–Trinajstić information content (AvgIpc) is 3.34. The van der Waals surface area contributed by atoms with Gasteiger partial charge >= 0.3 is 0 Å². The Morgan fingerprint density at radius 1 is 1.05 bits per heavy atom. The minimum atomic E-state index is -3.73. The lowest BCUT2D eigenvalue weighted by molar-refractivity contribution is 0.0408. The lowest BCUT2D eigenvalue weighted by Gasteiger charge is -2.51. The maximum Gasteiger partial charge on any atom is 0.187 e. The van der Waals surface area contributed by atoms with Gasteiger partial charge in [-0.05, 0) is 106 Å². The Kier molecular flexibility index (Phi) is 6.06. The molecule has 39 heavy (non-hydrogen) atoms. The molecule has 8 heteroatoms. The van der Waals surface area contributed by atoms with Gasteiger partial charge in [0.1, 0.15) is 11.5 Å². The van der Waals surface area contributed by atoms with Crippen LogP contribution in [0.25, 0.3) is 5.69 Å². The minimum absolute atomic E-state index is 0.0864. The Labute approximate surface area is 227 Å². The molecule has 1 saturated carbocycles. The molecule has 0 N–H and O–H groups in total. The molecule has 0 aliphatic heterocycles. The first-order valence-electron chi connectivity index (χ1n) is 13.2. The SMILES string of the molecule is Cc1ccc(S(=O)(=O)[C@]2(C)CCC3Cc4c(cnn4-c4ccc(F)cc4)C[C@]3(C(=O)c3ccccn3)C2)cc1. The van der Waals surface area contributed by atoms with E-state index in [9.17, 15) is 17.6 Å². The Balaban J connectivity index is 1.45. The van der Waals surface area contributed by atoms with Crippen molar-refractivity contribution < 1.29 is 17.6 Å². The monoisotopic (exact) mass is 543 g/mol. The number of sulfone groups is 1. The summed E-state index contributed by atoms with van der Waals surface area (Å²) >= 11 is 0. The van der Waals surface area contributed by atoms with E-state index in [1.807, 2.05) is 23.7 Å². The molecule has 0 amide bonds. The second-order valence-corrected chi connectivity index (χ2v) is 13.7. The van der Waals surface area contributed by atoms with Gasteiger partial charge in [0.05, 0.1) is 21.5 Å². The van der Waals surface area contributed by atoms with E-state index in [2.05, 4.69) is 10.1 Å². The summed E-state index contributed by atoms with van der Waals surface area (Å²) in [5.74, 6) is -0.517. The molecule has 0 radical (unpaired) electrons. The van der Waals surface area contributed by atoms with Crippen molar-refractivity contribution in [3.63, 3.8) is 0 Å². The summed E-state index contributed by atoms with van der Waals surface area (Å²) in [4.78, 5) is 19.0. The van der Waals surface area contributed by atoms with E-state index in [4.69, 9.17) is 0 Å². The molecule has 3 atom stereocenters. The molecule has 0 bridgehead atoms. The van der Waals surface area contributed by atoms with Crippen LogP contribution in [0.15, 0.2) is 84.0 Å². The maximum absolute atomic E-state index is 14.3. The van der Waals surface area contributed by atoms with E-state index < -0.39 is 20.0 Å². The van der Waals surface area contributed by atoms with Crippen LogP contribution >= 0.6 is 0 Å². The summed E-state index contributed by atoms with van der Waals surface area (Å²) in [5.41, 5.74) is 3.06. The van der Waals surface area contributed by atoms with Gasteiger partial charge in [-0.2, -0.15) is 5.10 Å². The number of pyridine rings is 1. The fourth-order valence-corrected chi connectivity index (χ4v) is 8.54. The summed E-state index contributed by atoms with van der Waals surface area (Å²) in [5, 5.41) is 4.61. The molecule has 6 nitrogen and oxygen atoms in total. The lowest BCUT2D eigenvalue weighted by atomic mass is 9.54. The standard InChI is InChI=1S/C31H30FN3O3S/c1-21-6-12-26(13-7-21)39(37,38)30(2)15-14-23-17-28-22(19-34-35(28)25-10-8-24(32)9-11-25)18-31(23,20-30)29(36)27-5-3-4-16-33-27/h3-13,16,19,23H,14-15,17-18,20H2,1-2H3/t23?,30-,31+/m1/s1. The predicted molar refractivity (Wildman–Crippen MR) is 146 cm³/mol. The number of ketones is 1. The van der Waals surface area contributed by atoms with Gasteiger partial charge < -0.3 is 0 Å². The van der Waals surface area contributed by atoms with Crippen LogP contribution in [0.3, 0.4) is 0 Å². The molecule has 200 valence electrons. The molecule has 1 unspecified atom stereocenters. The van der Waals surface area contributed by atoms with E-state index in [1.54, 1.807) is 61.8 Å². The third-order valence-corrected chi connectivity index (χ3v) is 11.3. The summed E-state index contributed by atoms with van der Waals surface area (Å²) < 4.78 is 42.4. The number of Topliss-reactive ketones (excluding diaryl/α,β-unsaturated/α-hetero) is 1. The van der Waals surface area contributed by atoms with E-state index >= 15 is 0 Å². The van der Waals surface area contributed by atoms with Gasteiger partial charge in [-0.3, -0.25) is 9.78 Å². The molecule has 2 aromatic heterocycles. The van der Waals surface area contributed by atoms with Crippen LogP contribution in [0.1, 0.15) is 53.5 Å². The van der Waals surface area contributed by atoms with Crippen LogP contribution in [0, 0.1) is 24.1 Å². The van der Waals surface area contributed by atoms with Crippen molar-refractivity contribution >= 4 is 15.6 Å². The molecule has 2 aliphatic carbocycles. The van der Waals surface area contributed by atoms with Crippen LogP contribution in [0.2, 0.25) is 0 Å². The second kappa shape index (κ2) is 9.23. The Morgan fingerprint density at radius 2 is 1.79 bits per heavy atom. The van der Waals surface area contributed by atoms with Crippen LogP contribution in [0.5, 0.6) is 0 Å². The number of rotatable bonds is 5. The van der Waals surface area contributed by atoms with Gasteiger partial charge in [0.25, 0.3) is 0 Å². The molecule has 6 rings (SSSR count). The first kappa shape index (κ1) is 25.6. The number of aromatic nitrogens is 3. The van der Waals surface area contributed by atoms with Crippen molar-refractivity contribution in [3.05, 3.63) is 107 Å². The summed E-state index contributed by atoms with van der Waals surface area (Å²) in [6.45, 7) is 3.72. The molecule has 4 aromatic rings. The van der Waals surface area contributed by atoms with Gasteiger partial charge in [0.2, 0.25) is 0 Å². The average molecular weight is 544 g/mol. The molecule has 2 heterocycles. The van der Waals surface area contributed by atoms with Crippen molar-refractivity contribution in [2.75, 3.05) is 0 Å². The van der Waals surface area contributed by atoms with Crippen LogP contribution in [-0.4, -0.2) is 33.7 Å². The zero-order valence-electron chi connectivity index (χ0n) is 22.0. The van der Waals surface area contributed by atoms with Crippen LogP contribution < -0.4 is 0 Å². The van der Waals surface area contributed by atoms with E-state index in [1.165, 1.54) is 12.1 Å². The number of carbonyl (C=O) groups is 1. The molecule has 0 saturated heterocycles. The molecular formula is C31H30FN3O3S. The fourth-order valence-electron chi connectivity index (χ4n) is 6.64. The van der Waals surface area contributed by atoms with Crippen molar-refractivity contribution in [2.24, 2.45) is 11.3 Å². The van der Waals surface area contributed by atoms with Gasteiger partial charge in [-0.15, -0.1) is 0 Å². The first-order chi connectivity index (χ1) is 18.6. The van der Waals surface area contributed by atoms with Crippen LogP contribution in [-0.2, 0) is 22.7 Å². The quantitative estimate of drug-likeness (QED) is 0.301. The van der Waals surface area contributed by atoms with Gasteiger partial charge in [-0.25, -0.2) is 17.5 Å². The highest BCUT2D eigenvalue weighted by Crippen LogP contribution is 2.56. The van der Waals surface area contributed by atoms with Crippen molar-refractivity contribution in [3.8, 4) is 5.69 Å². The van der Waals surface area contributed by atoms with Crippen LogP contribution in [0.4, 0.5) is 4.39 Å². The third kappa shape index (κ3) is 4.13. The fraction of sp³-hybridized carbons (Fsp3) is 0.323. The molecule has 0 spiro atoms. The Hall–Kier alpha value is -3.65. The summed E-state index contributed by atoms with van der Waals surface area (Å²) in [6.07, 6.45) is 5.55. The molecular weight excluding hydrogens is 513 g/mol. The van der Waals surface area contributed by atoms with E-state index in [0.717, 1.165) is 22.5 Å². The highest BCUT2D eigenvalue weighted by atomic mass is 32.2. The van der Waals surface area contributed by atoms with Gasteiger partial charge in [0, 0.05) is 17.3 Å². The zero-order valence-corrected chi connectivity index (χ0v) is 22.8. The molecule has 2 aliphatic rings. The Morgan fingerprint density at radius 3 is 2.49 bits per heavy atom. The highest BCUT2D eigenvalue weighted by molar-refractivity contribution is 7.92. The Bertz CT molecular complexity index is 1650. The lowest BCUT2D eigenvalue weighted by Crippen LogP contribution is -2.55. The smallest absolute Gasteiger partial charge is 0.187 e. The first-order valence-corrected chi connectivity index (χ1v) is 14.7. The van der Waals surface area contributed by atoms with E-state index in [-0.39, 0.29) is 28.8 Å².